The first-order valence-corrected chi connectivity index (χ1v) is 9.46. The Balaban J connectivity index is 1.71. The molecule has 23 heavy (non-hydrogen) atoms. The Bertz CT molecular complexity index is 608. The van der Waals surface area contributed by atoms with Crippen LogP contribution in [0.2, 0.25) is 0 Å². The maximum atomic E-state index is 10.6. The van der Waals surface area contributed by atoms with E-state index in [4.69, 9.17) is 0 Å². The normalized spacial score (nSPS) is 21.3. The maximum Gasteiger partial charge on any atom is 0.0896 e. The van der Waals surface area contributed by atoms with E-state index < -0.39 is 0 Å². The van der Waals surface area contributed by atoms with Crippen LogP contribution in [0.3, 0.4) is 0 Å². The van der Waals surface area contributed by atoms with Crippen molar-refractivity contribution in [3.05, 3.63) is 39.8 Å². The van der Waals surface area contributed by atoms with Crippen LogP contribution < -0.4 is 0 Å². The van der Waals surface area contributed by atoms with Crippen molar-refractivity contribution in [1.29, 1.82) is 0 Å². The summed E-state index contributed by atoms with van der Waals surface area (Å²) < 4.78 is 1.95. The Morgan fingerprint density at radius 2 is 2.26 bits per heavy atom. The molecule has 2 unspecified atom stereocenters. The zero-order valence-electron chi connectivity index (χ0n) is 14.1. The van der Waals surface area contributed by atoms with Gasteiger partial charge in [-0.3, -0.25) is 9.58 Å². The summed E-state index contributed by atoms with van der Waals surface area (Å²) in [6.07, 6.45) is 7.49. The average Bonchev–Trinajstić information content (AvgIpc) is 3.12. The van der Waals surface area contributed by atoms with E-state index in [1.165, 1.54) is 36.9 Å². The second-order valence-electron chi connectivity index (χ2n) is 6.62. The van der Waals surface area contributed by atoms with Gasteiger partial charge in [-0.05, 0) is 44.2 Å². The second-order valence-corrected chi connectivity index (χ2v) is 7.60. The number of nitrogens with zero attached hydrogens (tertiary/aromatic N) is 3. The standard InChI is InChI=1S/C18H27N3OS/c1-14-15(12-19-20(14)2)13-21-9-5-3-4-7-16(21)11-17(22)18-8-6-10-23-18/h6,8,10,12,16-17,22H,3-5,7,9,11,13H2,1-2H3. The molecule has 126 valence electrons. The van der Waals surface area contributed by atoms with Crippen molar-refractivity contribution < 1.29 is 5.11 Å². The topological polar surface area (TPSA) is 41.3 Å². The summed E-state index contributed by atoms with van der Waals surface area (Å²) in [5.74, 6) is 0. The molecule has 1 saturated heterocycles. The molecule has 0 aliphatic carbocycles. The smallest absolute Gasteiger partial charge is 0.0896 e. The Hall–Kier alpha value is -1.17. The summed E-state index contributed by atoms with van der Waals surface area (Å²) in [6, 6.07) is 4.52. The van der Waals surface area contributed by atoms with Crippen molar-refractivity contribution >= 4 is 11.3 Å². The van der Waals surface area contributed by atoms with E-state index in [0.717, 1.165) is 24.4 Å². The number of aryl methyl sites for hydroxylation is 1. The van der Waals surface area contributed by atoms with Gasteiger partial charge in [0, 0.05) is 35.8 Å². The molecule has 0 bridgehead atoms. The lowest BCUT2D eigenvalue weighted by Gasteiger charge is -2.31. The number of hydrogen-bond donors (Lipinski definition) is 1. The number of aliphatic hydroxyl groups excluding tert-OH is 1. The highest BCUT2D eigenvalue weighted by atomic mass is 32.1. The van der Waals surface area contributed by atoms with Gasteiger partial charge in [-0.15, -0.1) is 11.3 Å². The molecule has 2 atom stereocenters. The molecular formula is C18H27N3OS. The summed E-state index contributed by atoms with van der Waals surface area (Å²) in [6.45, 7) is 4.20. The van der Waals surface area contributed by atoms with E-state index in [-0.39, 0.29) is 6.10 Å². The highest BCUT2D eigenvalue weighted by Crippen LogP contribution is 2.29. The average molecular weight is 334 g/mol. The minimum absolute atomic E-state index is 0.337. The Morgan fingerprint density at radius 3 is 2.96 bits per heavy atom. The SMILES string of the molecule is Cc1c(CN2CCCCCC2CC(O)c2cccs2)cnn1C. The van der Waals surface area contributed by atoms with Gasteiger partial charge < -0.3 is 5.11 Å². The zero-order valence-corrected chi connectivity index (χ0v) is 14.9. The van der Waals surface area contributed by atoms with Crippen LogP contribution in [0.1, 0.15) is 54.3 Å². The molecule has 1 aliphatic rings. The molecule has 5 heteroatoms. The van der Waals surface area contributed by atoms with Gasteiger partial charge in [0.15, 0.2) is 0 Å². The fourth-order valence-electron chi connectivity index (χ4n) is 3.48. The molecule has 1 aliphatic heterocycles. The van der Waals surface area contributed by atoms with Crippen LogP contribution in [0.15, 0.2) is 23.7 Å². The summed E-state index contributed by atoms with van der Waals surface area (Å²) in [5, 5.41) is 17.0. The number of aliphatic hydroxyl groups is 1. The van der Waals surface area contributed by atoms with Gasteiger partial charge in [0.05, 0.1) is 12.3 Å². The predicted octanol–water partition coefficient (Wildman–Crippen LogP) is 3.66. The quantitative estimate of drug-likeness (QED) is 0.908. The van der Waals surface area contributed by atoms with Crippen LogP contribution in [0.5, 0.6) is 0 Å². The van der Waals surface area contributed by atoms with E-state index in [9.17, 15) is 5.11 Å². The Labute approximate surface area is 142 Å². The highest BCUT2D eigenvalue weighted by molar-refractivity contribution is 7.10. The third-order valence-corrected chi connectivity index (χ3v) is 6.05. The lowest BCUT2D eigenvalue weighted by Crippen LogP contribution is -2.35. The molecule has 2 aromatic rings. The minimum Gasteiger partial charge on any atom is -0.388 e. The third kappa shape index (κ3) is 4.03. The van der Waals surface area contributed by atoms with Gasteiger partial charge >= 0.3 is 0 Å². The molecule has 0 amide bonds. The first kappa shape index (κ1) is 16.7. The summed E-state index contributed by atoms with van der Waals surface area (Å²) in [4.78, 5) is 3.65. The zero-order chi connectivity index (χ0) is 16.2. The van der Waals surface area contributed by atoms with Gasteiger partial charge in [-0.2, -0.15) is 5.10 Å². The number of likely N-dealkylation sites (tertiary alicyclic amines) is 1. The number of hydrogen-bond acceptors (Lipinski definition) is 4. The van der Waals surface area contributed by atoms with Crippen LogP contribution in [0.25, 0.3) is 0 Å². The van der Waals surface area contributed by atoms with Crippen molar-refractivity contribution in [3.8, 4) is 0 Å². The Kier molecular flexibility index (Phi) is 5.51. The van der Waals surface area contributed by atoms with E-state index in [2.05, 4.69) is 16.9 Å². The molecule has 0 saturated carbocycles. The fraction of sp³-hybridized carbons (Fsp3) is 0.611. The van der Waals surface area contributed by atoms with E-state index in [0.29, 0.717) is 6.04 Å². The van der Waals surface area contributed by atoms with Gasteiger partial charge in [-0.1, -0.05) is 18.9 Å². The van der Waals surface area contributed by atoms with Gasteiger partial charge in [0.25, 0.3) is 0 Å². The van der Waals surface area contributed by atoms with Crippen molar-refractivity contribution in [2.24, 2.45) is 7.05 Å². The van der Waals surface area contributed by atoms with Crippen LogP contribution in [-0.2, 0) is 13.6 Å². The number of rotatable bonds is 5. The van der Waals surface area contributed by atoms with Crippen molar-refractivity contribution in [2.45, 2.75) is 57.7 Å². The molecule has 4 nitrogen and oxygen atoms in total. The molecule has 2 aromatic heterocycles. The van der Waals surface area contributed by atoms with Crippen LogP contribution in [-0.4, -0.2) is 32.4 Å². The molecule has 0 spiro atoms. The van der Waals surface area contributed by atoms with Crippen LogP contribution in [0.4, 0.5) is 0 Å². The van der Waals surface area contributed by atoms with Crippen molar-refractivity contribution in [1.82, 2.24) is 14.7 Å². The van der Waals surface area contributed by atoms with E-state index in [1.807, 2.05) is 35.4 Å². The molecule has 0 radical (unpaired) electrons. The first-order valence-electron chi connectivity index (χ1n) is 8.58. The van der Waals surface area contributed by atoms with Gasteiger partial charge in [0.2, 0.25) is 0 Å². The second kappa shape index (κ2) is 7.60. The van der Waals surface area contributed by atoms with Crippen molar-refractivity contribution in [2.75, 3.05) is 6.54 Å². The predicted molar refractivity (Wildman–Crippen MR) is 94.5 cm³/mol. The Morgan fingerprint density at radius 1 is 1.39 bits per heavy atom. The monoisotopic (exact) mass is 333 g/mol. The minimum atomic E-state index is -0.337. The van der Waals surface area contributed by atoms with E-state index in [1.54, 1.807) is 11.3 Å². The molecule has 3 rings (SSSR count). The summed E-state index contributed by atoms with van der Waals surface area (Å²) in [7, 11) is 2.00. The third-order valence-electron chi connectivity index (χ3n) is 5.08. The highest BCUT2D eigenvalue weighted by Gasteiger charge is 2.25. The number of thiophene rings is 1. The lowest BCUT2D eigenvalue weighted by molar-refractivity contribution is 0.0995. The molecular weight excluding hydrogens is 306 g/mol. The maximum absolute atomic E-state index is 10.6. The lowest BCUT2D eigenvalue weighted by atomic mass is 10.0. The van der Waals surface area contributed by atoms with Gasteiger partial charge in [0.1, 0.15) is 0 Å². The molecule has 0 aromatic carbocycles. The van der Waals surface area contributed by atoms with E-state index >= 15 is 0 Å². The van der Waals surface area contributed by atoms with Crippen LogP contribution in [0, 0.1) is 6.92 Å². The molecule has 1 N–H and O–H groups in total. The molecule has 3 heterocycles. The van der Waals surface area contributed by atoms with Gasteiger partial charge in [-0.25, -0.2) is 0 Å². The largest absolute Gasteiger partial charge is 0.388 e. The van der Waals surface area contributed by atoms with Crippen LogP contribution >= 0.6 is 11.3 Å². The van der Waals surface area contributed by atoms with Crippen molar-refractivity contribution in [3.63, 3.8) is 0 Å². The summed E-state index contributed by atoms with van der Waals surface area (Å²) in [5.41, 5.74) is 2.55. The number of aromatic nitrogens is 2. The summed E-state index contributed by atoms with van der Waals surface area (Å²) >= 11 is 1.65. The molecule has 1 fully saturated rings. The first-order chi connectivity index (χ1) is 11.1. The fourth-order valence-corrected chi connectivity index (χ4v) is 4.21.